The van der Waals surface area contributed by atoms with Gasteiger partial charge in [-0.05, 0) is 93.1 Å². The van der Waals surface area contributed by atoms with E-state index in [0.717, 1.165) is 39.0 Å². The lowest BCUT2D eigenvalue weighted by Crippen LogP contribution is -2.35. The summed E-state index contributed by atoms with van der Waals surface area (Å²) in [6.07, 6.45) is 28.8. The van der Waals surface area contributed by atoms with Gasteiger partial charge in [0, 0.05) is 0 Å². The van der Waals surface area contributed by atoms with Gasteiger partial charge < -0.3 is 10.2 Å². The zero-order valence-corrected chi connectivity index (χ0v) is 28.7. The Labute approximate surface area is 267 Å². The van der Waals surface area contributed by atoms with Crippen molar-refractivity contribution in [1.82, 2.24) is 0 Å². The Morgan fingerprint density at radius 1 is 0.636 bits per heavy atom. The molecule has 2 N–H and O–H groups in total. The highest BCUT2D eigenvalue weighted by molar-refractivity contribution is 6.00. The SMILES string of the molecule is C=C1C(C)=C(/C=C/C(C)=C/C=C/C(C)=C/C=C/C=C(C)/C=C/C=C(C)/C=C/C2=C(C)C(=O)[C@@H](O)CC2(C)C)C(C)(C)C[C@@H]1O. The standard InChI is InChI=1S/C41H54O3/c1-28(18-14-20-30(3)22-24-35-32(5)33(6)37(42)26-40(35,8)9)16-12-13-17-29(2)19-15-21-31(4)23-25-36-34(7)39(44)38(43)27-41(36,10)11/h12-25,37-38,42-43H,6,26-27H2,1-5,7-11H3/b13-12+,18-14+,19-15+,24-22+,25-23+,28-16+,29-17+,30-20+,31-21+/t37-,38-/m0/s1. The Morgan fingerprint density at radius 2 is 1.00 bits per heavy atom. The van der Waals surface area contributed by atoms with E-state index in [-0.39, 0.29) is 16.6 Å². The minimum Gasteiger partial charge on any atom is -0.388 e. The lowest BCUT2D eigenvalue weighted by Gasteiger charge is -2.37. The molecule has 236 valence electrons. The van der Waals surface area contributed by atoms with E-state index in [9.17, 15) is 15.0 Å². The Kier molecular flexibility index (Phi) is 13.3. The van der Waals surface area contributed by atoms with Gasteiger partial charge in [-0.15, -0.1) is 0 Å². The van der Waals surface area contributed by atoms with Crippen LogP contribution in [0.3, 0.4) is 0 Å². The highest BCUT2D eigenvalue weighted by Crippen LogP contribution is 2.43. The van der Waals surface area contributed by atoms with Crippen LogP contribution in [0.2, 0.25) is 0 Å². The average molecular weight is 595 g/mol. The fourth-order valence-corrected chi connectivity index (χ4v) is 5.69. The number of carbonyl (C=O) groups is 1. The highest BCUT2D eigenvalue weighted by Gasteiger charge is 2.36. The maximum absolute atomic E-state index is 12.2. The fourth-order valence-electron chi connectivity index (χ4n) is 5.69. The number of aliphatic hydroxyl groups is 2. The van der Waals surface area contributed by atoms with Crippen LogP contribution in [0.15, 0.2) is 142 Å². The molecule has 0 aromatic carbocycles. The summed E-state index contributed by atoms with van der Waals surface area (Å²) in [5.41, 5.74) is 9.00. The summed E-state index contributed by atoms with van der Waals surface area (Å²) in [5.74, 6) is -0.168. The third-order valence-electron chi connectivity index (χ3n) is 8.52. The Bertz CT molecular complexity index is 1340. The molecule has 0 radical (unpaired) electrons. The van der Waals surface area contributed by atoms with Crippen molar-refractivity contribution < 1.29 is 15.0 Å². The molecule has 0 aliphatic heterocycles. The molecule has 0 fully saturated rings. The largest absolute Gasteiger partial charge is 0.388 e. The monoisotopic (exact) mass is 594 g/mol. The Balaban J connectivity index is 1.95. The third-order valence-corrected chi connectivity index (χ3v) is 8.52. The Morgan fingerprint density at radius 3 is 1.45 bits per heavy atom. The third kappa shape index (κ3) is 10.6. The summed E-state index contributed by atoms with van der Waals surface area (Å²) >= 11 is 0. The first-order chi connectivity index (χ1) is 20.5. The van der Waals surface area contributed by atoms with Crippen molar-refractivity contribution in [2.24, 2.45) is 10.8 Å². The van der Waals surface area contributed by atoms with Crippen molar-refractivity contribution in [2.75, 3.05) is 0 Å². The van der Waals surface area contributed by atoms with Gasteiger partial charge in [0.15, 0.2) is 5.78 Å². The van der Waals surface area contributed by atoms with Crippen LogP contribution < -0.4 is 0 Å². The van der Waals surface area contributed by atoms with E-state index in [2.05, 4.69) is 110 Å². The molecule has 0 heterocycles. The second-order valence-corrected chi connectivity index (χ2v) is 13.6. The van der Waals surface area contributed by atoms with E-state index < -0.39 is 12.2 Å². The molecule has 0 spiro atoms. The van der Waals surface area contributed by atoms with Crippen molar-refractivity contribution in [2.45, 2.75) is 94.3 Å². The number of Topliss-reactive ketones (excluding diaryl/α,β-unsaturated/α-hetero) is 1. The molecule has 44 heavy (non-hydrogen) atoms. The van der Waals surface area contributed by atoms with Gasteiger partial charge >= 0.3 is 0 Å². The number of allylic oxidation sites excluding steroid dienone is 20. The fraction of sp³-hybridized carbons (Fsp3) is 0.390. The molecular weight excluding hydrogens is 540 g/mol. The first-order valence-corrected chi connectivity index (χ1v) is 15.6. The molecule has 0 aromatic heterocycles. The van der Waals surface area contributed by atoms with E-state index in [1.807, 2.05) is 44.2 Å². The van der Waals surface area contributed by atoms with Gasteiger partial charge in [-0.1, -0.05) is 142 Å². The molecule has 0 amide bonds. The summed E-state index contributed by atoms with van der Waals surface area (Å²) in [4.78, 5) is 12.2. The predicted molar refractivity (Wildman–Crippen MR) is 189 cm³/mol. The average Bonchev–Trinajstić information content (AvgIpc) is 2.92. The number of hydrogen-bond acceptors (Lipinski definition) is 3. The number of carbonyl (C=O) groups excluding carboxylic acids is 1. The Hall–Kier alpha value is -3.53. The van der Waals surface area contributed by atoms with Crippen LogP contribution in [0.25, 0.3) is 0 Å². The lowest BCUT2D eigenvalue weighted by molar-refractivity contribution is -0.125. The summed E-state index contributed by atoms with van der Waals surface area (Å²) in [6.45, 7) is 24.7. The van der Waals surface area contributed by atoms with Gasteiger partial charge in [0.25, 0.3) is 0 Å². The van der Waals surface area contributed by atoms with Crippen LogP contribution in [-0.4, -0.2) is 28.2 Å². The van der Waals surface area contributed by atoms with E-state index in [1.165, 1.54) is 5.57 Å². The topological polar surface area (TPSA) is 57.5 Å². The highest BCUT2D eigenvalue weighted by atomic mass is 16.3. The number of aliphatic hydroxyl groups excluding tert-OH is 2. The van der Waals surface area contributed by atoms with Crippen molar-refractivity contribution >= 4 is 5.78 Å². The molecule has 3 heteroatoms. The van der Waals surface area contributed by atoms with Crippen molar-refractivity contribution in [3.63, 3.8) is 0 Å². The van der Waals surface area contributed by atoms with Gasteiger partial charge in [0.05, 0.1) is 6.10 Å². The molecule has 0 aromatic rings. The van der Waals surface area contributed by atoms with Crippen LogP contribution in [0.4, 0.5) is 0 Å². The van der Waals surface area contributed by atoms with Crippen molar-refractivity contribution in [1.29, 1.82) is 0 Å². The number of rotatable bonds is 10. The summed E-state index contributed by atoms with van der Waals surface area (Å²) in [6, 6.07) is 0. The second kappa shape index (κ2) is 16.0. The smallest absolute Gasteiger partial charge is 0.187 e. The second-order valence-electron chi connectivity index (χ2n) is 13.6. The number of hydrogen-bond donors (Lipinski definition) is 2. The first-order valence-electron chi connectivity index (χ1n) is 15.6. The molecule has 0 saturated carbocycles. The quantitative estimate of drug-likeness (QED) is 0.248. The molecule has 3 nitrogen and oxygen atoms in total. The van der Waals surface area contributed by atoms with Crippen LogP contribution in [-0.2, 0) is 4.79 Å². The summed E-state index contributed by atoms with van der Waals surface area (Å²) in [5, 5.41) is 20.3. The number of ketones is 1. The lowest BCUT2D eigenvalue weighted by atomic mass is 9.70. The molecule has 2 aliphatic carbocycles. The minimum atomic E-state index is -0.901. The van der Waals surface area contributed by atoms with E-state index >= 15 is 0 Å². The van der Waals surface area contributed by atoms with E-state index in [0.29, 0.717) is 18.4 Å². The van der Waals surface area contributed by atoms with Gasteiger partial charge in [-0.25, -0.2) is 0 Å². The molecular formula is C41H54O3. The van der Waals surface area contributed by atoms with Gasteiger partial charge in [-0.3, -0.25) is 4.79 Å². The van der Waals surface area contributed by atoms with Crippen LogP contribution in [0.5, 0.6) is 0 Å². The molecule has 0 bridgehead atoms. The minimum absolute atomic E-state index is 0.0852. The summed E-state index contributed by atoms with van der Waals surface area (Å²) in [7, 11) is 0. The van der Waals surface area contributed by atoms with Crippen molar-refractivity contribution in [3.05, 3.63) is 142 Å². The molecule has 2 rings (SSSR count). The molecule has 0 saturated heterocycles. The van der Waals surface area contributed by atoms with Crippen LogP contribution in [0, 0.1) is 10.8 Å². The van der Waals surface area contributed by atoms with Crippen molar-refractivity contribution in [3.8, 4) is 0 Å². The van der Waals surface area contributed by atoms with Crippen LogP contribution in [0.1, 0.15) is 82.1 Å². The van der Waals surface area contributed by atoms with Gasteiger partial charge in [-0.2, -0.15) is 0 Å². The maximum atomic E-state index is 12.2. The molecule has 2 atom stereocenters. The molecule has 0 unspecified atom stereocenters. The predicted octanol–water partition coefficient (Wildman–Crippen LogP) is 9.89. The van der Waals surface area contributed by atoms with E-state index in [1.54, 1.807) is 6.92 Å². The molecule has 2 aliphatic rings. The zero-order valence-electron chi connectivity index (χ0n) is 28.7. The van der Waals surface area contributed by atoms with Gasteiger partial charge in [0.1, 0.15) is 6.10 Å². The van der Waals surface area contributed by atoms with E-state index in [4.69, 9.17) is 0 Å². The van der Waals surface area contributed by atoms with Gasteiger partial charge in [0.2, 0.25) is 0 Å². The summed E-state index contributed by atoms with van der Waals surface area (Å²) < 4.78 is 0. The first kappa shape index (κ1) is 36.7. The maximum Gasteiger partial charge on any atom is 0.187 e. The van der Waals surface area contributed by atoms with Crippen LogP contribution >= 0.6 is 0 Å². The zero-order chi connectivity index (χ0) is 33.2. The normalized spacial score (nSPS) is 24.5.